The SMILES string of the molecule is O=C1NC(=S)SC1=Cc1cc(Br)ccc1OCCCN1CCCC1. The van der Waals surface area contributed by atoms with Crippen LogP contribution in [0.15, 0.2) is 27.6 Å². The van der Waals surface area contributed by atoms with Crippen LogP contribution in [0.5, 0.6) is 5.75 Å². The molecule has 2 aliphatic heterocycles. The fraction of sp³-hybridized carbons (Fsp3) is 0.412. The van der Waals surface area contributed by atoms with E-state index in [1.807, 2.05) is 24.3 Å². The van der Waals surface area contributed by atoms with Crippen LogP contribution in [0.4, 0.5) is 0 Å². The number of thiocarbonyl (C=S) groups is 1. The first-order valence-corrected chi connectivity index (χ1v) is 10.0. The zero-order valence-electron chi connectivity index (χ0n) is 13.2. The van der Waals surface area contributed by atoms with Crippen molar-refractivity contribution in [3.63, 3.8) is 0 Å². The molecule has 7 heteroatoms. The number of rotatable bonds is 6. The van der Waals surface area contributed by atoms with Gasteiger partial charge in [-0.15, -0.1) is 0 Å². The highest BCUT2D eigenvalue weighted by molar-refractivity contribution is 9.10. The Balaban J connectivity index is 1.63. The van der Waals surface area contributed by atoms with Crippen LogP contribution < -0.4 is 10.1 Å². The van der Waals surface area contributed by atoms with Crippen LogP contribution >= 0.6 is 39.9 Å². The van der Waals surface area contributed by atoms with Crippen molar-refractivity contribution < 1.29 is 9.53 Å². The van der Waals surface area contributed by atoms with Crippen molar-refractivity contribution in [2.45, 2.75) is 19.3 Å². The van der Waals surface area contributed by atoms with Crippen molar-refractivity contribution in [1.82, 2.24) is 10.2 Å². The van der Waals surface area contributed by atoms with E-state index in [9.17, 15) is 4.79 Å². The summed E-state index contributed by atoms with van der Waals surface area (Å²) in [6.07, 6.45) is 5.46. The third-order valence-electron chi connectivity index (χ3n) is 3.98. The molecule has 4 nitrogen and oxygen atoms in total. The van der Waals surface area contributed by atoms with Crippen molar-refractivity contribution in [2.75, 3.05) is 26.2 Å². The molecule has 0 aromatic heterocycles. The van der Waals surface area contributed by atoms with Crippen molar-refractivity contribution in [1.29, 1.82) is 0 Å². The molecule has 2 saturated heterocycles. The Morgan fingerprint density at radius 3 is 2.88 bits per heavy atom. The topological polar surface area (TPSA) is 41.6 Å². The predicted molar refractivity (Wildman–Crippen MR) is 106 cm³/mol. The standard InChI is InChI=1S/C17H19BrN2O2S2/c18-13-4-5-14(22-9-3-8-20-6-1-2-7-20)12(10-13)11-15-16(21)19-17(23)24-15/h4-5,10-11H,1-3,6-9H2,(H,19,21,23). The molecular formula is C17H19BrN2O2S2. The minimum atomic E-state index is -0.148. The van der Waals surface area contributed by atoms with Crippen molar-refractivity contribution in [3.05, 3.63) is 33.1 Å². The Bertz CT molecular complexity index is 673. The smallest absolute Gasteiger partial charge is 0.263 e. The Morgan fingerprint density at radius 2 is 2.17 bits per heavy atom. The summed E-state index contributed by atoms with van der Waals surface area (Å²) in [4.78, 5) is 14.9. The molecule has 0 radical (unpaired) electrons. The molecule has 1 aromatic rings. The molecule has 0 spiro atoms. The second kappa shape index (κ2) is 8.47. The molecule has 0 atom stereocenters. The number of benzene rings is 1. The van der Waals surface area contributed by atoms with Gasteiger partial charge < -0.3 is 15.0 Å². The highest BCUT2D eigenvalue weighted by atomic mass is 79.9. The molecule has 0 aliphatic carbocycles. The lowest BCUT2D eigenvalue weighted by molar-refractivity contribution is -0.115. The average molecular weight is 427 g/mol. The molecule has 128 valence electrons. The molecule has 0 saturated carbocycles. The summed E-state index contributed by atoms with van der Waals surface area (Å²) in [6.45, 7) is 4.18. The zero-order chi connectivity index (χ0) is 16.9. The van der Waals surface area contributed by atoms with E-state index in [0.717, 1.165) is 28.8 Å². The lowest BCUT2D eigenvalue weighted by Crippen LogP contribution is -2.22. The first kappa shape index (κ1) is 17.9. The number of nitrogens with one attached hydrogen (secondary N) is 1. The van der Waals surface area contributed by atoms with Crippen molar-refractivity contribution in [2.24, 2.45) is 0 Å². The summed E-state index contributed by atoms with van der Waals surface area (Å²) in [5, 5.41) is 2.63. The van der Waals surface area contributed by atoms with Crippen LogP contribution in [-0.4, -0.2) is 41.4 Å². The lowest BCUT2D eigenvalue weighted by Gasteiger charge is -2.15. The third-order valence-corrected chi connectivity index (χ3v) is 5.63. The largest absolute Gasteiger partial charge is 0.493 e. The number of thioether (sulfide) groups is 1. The van der Waals surface area contributed by atoms with Crippen LogP contribution in [0, 0.1) is 0 Å². The minimum Gasteiger partial charge on any atom is -0.493 e. The molecule has 1 amide bonds. The van der Waals surface area contributed by atoms with Gasteiger partial charge in [0.15, 0.2) is 0 Å². The molecule has 3 rings (SSSR count). The maximum Gasteiger partial charge on any atom is 0.263 e. The van der Waals surface area contributed by atoms with Crippen LogP contribution in [0.2, 0.25) is 0 Å². The number of hydrogen-bond acceptors (Lipinski definition) is 5. The van der Waals surface area contributed by atoms with Gasteiger partial charge in [0.1, 0.15) is 10.1 Å². The maximum absolute atomic E-state index is 11.8. The normalized spacial score (nSPS) is 20.0. The number of nitrogens with zero attached hydrogens (tertiary/aromatic N) is 1. The minimum absolute atomic E-state index is 0.148. The third kappa shape index (κ3) is 4.81. The second-order valence-electron chi connectivity index (χ2n) is 5.79. The fourth-order valence-electron chi connectivity index (χ4n) is 2.80. The highest BCUT2D eigenvalue weighted by Crippen LogP contribution is 2.31. The molecule has 1 N–H and O–H groups in total. The molecule has 2 heterocycles. The molecule has 0 unspecified atom stereocenters. The molecule has 2 aliphatic rings. The van der Waals surface area contributed by atoms with Crippen molar-refractivity contribution >= 4 is 56.2 Å². The van der Waals surface area contributed by atoms with Gasteiger partial charge in [-0.25, -0.2) is 0 Å². The molecular weight excluding hydrogens is 408 g/mol. The quantitative estimate of drug-likeness (QED) is 0.425. The molecule has 2 fully saturated rings. The van der Waals surface area contributed by atoms with E-state index < -0.39 is 0 Å². The molecule has 24 heavy (non-hydrogen) atoms. The summed E-state index contributed by atoms with van der Waals surface area (Å²) in [5.41, 5.74) is 0.882. The first-order chi connectivity index (χ1) is 11.6. The van der Waals surface area contributed by atoms with Gasteiger partial charge in [0.2, 0.25) is 0 Å². The Morgan fingerprint density at radius 1 is 1.38 bits per heavy atom. The summed E-state index contributed by atoms with van der Waals surface area (Å²) in [7, 11) is 0. The number of ether oxygens (including phenoxy) is 1. The summed E-state index contributed by atoms with van der Waals surface area (Å²) < 4.78 is 7.40. The molecule has 1 aromatic carbocycles. The Labute approximate surface area is 160 Å². The van der Waals surface area contributed by atoms with E-state index in [-0.39, 0.29) is 5.91 Å². The number of halogens is 1. The first-order valence-electron chi connectivity index (χ1n) is 8.01. The van der Waals surface area contributed by atoms with E-state index in [1.165, 1.54) is 37.7 Å². The van der Waals surface area contributed by atoms with E-state index in [1.54, 1.807) is 0 Å². The molecule has 0 bridgehead atoms. The number of carbonyl (C=O) groups is 1. The number of hydrogen-bond donors (Lipinski definition) is 1. The summed E-state index contributed by atoms with van der Waals surface area (Å²) in [6, 6.07) is 5.84. The van der Waals surface area contributed by atoms with E-state index in [4.69, 9.17) is 17.0 Å². The average Bonchev–Trinajstić information content (AvgIpc) is 3.16. The van der Waals surface area contributed by atoms with E-state index >= 15 is 0 Å². The van der Waals surface area contributed by atoms with Gasteiger partial charge in [-0.2, -0.15) is 0 Å². The fourth-order valence-corrected chi connectivity index (χ4v) is 4.22. The van der Waals surface area contributed by atoms with Crippen LogP contribution in [0.1, 0.15) is 24.8 Å². The van der Waals surface area contributed by atoms with Gasteiger partial charge in [-0.05, 0) is 56.6 Å². The van der Waals surface area contributed by atoms with E-state index in [0.29, 0.717) is 15.8 Å². The van der Waals surface area contributed by atoms with Gasteiger partial charge in [-0.1, -0.05) is 39.9 Å². The lowest BCUT2D eigenvalue weighted by atomic mass is 10.2. The van der Waals surface area contributed by atoms with Gasteiger partial charge >= 0.3 is 0 Å². The van der Waals surface area contributed by atoms with Gasteiger partial charge in [0.05, 0.1) is 11.5 Å². The monoisotopic (exact) mass is 426 g/mol. The maximum atomic E-state index is 11.8. The van der Waals surface area contributed by atoms with Gasteiger partial charge in [0, 0.05) is 16.6 Å². The van der Waals surface area contributed by atoms with Crippen molar-refractivity contribution in [3.8, 4) is 5.75 Å². The Hall–Kier alpha value is -0.890. The number of likely N-dealkylation sites (tertiary alicyclic amines) is 1. The second-order valence-corrected chi connectivity index (χ2v) is 8.42. The van der Waals surface area contributed by atoms with Crippen LogP contribution in [-0.2, 0) is 4.79 Å². The summed E-state index contributed by atoms with van der Waals surface area (Å²) in [5.74, 6) is 0.642. The predicted octanol–water partition coefficient (Wildman–Crippen LogP) is 3.80. The Kier molecular flexibility index (Phi) is 6.32. The van der Waals surface area contributed by atoms with Crippen LogP contribution in [0.25, 0.3) is 6.08 Å². The highest BCUT2D eigenvalue weighted by Gasteiger charge is 2.22. The van der Waals surface area contributed by atoms with Gasteiger partial charge in [0.25, 0.3) is 5.91 Å². The summed E-state index contributed by atoms with van der Waals surface area (Å²) >= 11 is 9.79. The number of amides is 1. The number of carbonyl (C=O) groups excluding carboxylic acids is 1. The van der Waals surface area contributed by atoms with Gasteiger partial charge in [-0.3, -0.25) is 4.79 Å². The zero-order valence-corrected chi connectivity index (χ0v) is 16.4. The van der Waals surface area contributed by atoms with E-state index in [2.05, 4.69) is 26.1 Å². The van der Waals surface area contributed by atoms with Crippen LogP contribution in [0.3, 0.4) is 0 Å².